The van der Waals surface area contributed by atoms with E-state index in [1.54, 1.807) is 0 Å². The van der Waals surface area contributed by atoms with Crippen molar-refractivity contribution in [2.75, 3.05) is 29.9 Å². The van der Waals surface area contributed by atoms with E-state index < -0.39 is 9.84 Å². The number of anilines is 1. The number of sulfone groups is 1. The van der Waals surface area contributed by atoms with Crippen molar-refractivity contribution in [1.82, 2.24) is 4.90 Å². The Kier molecular flexibility index (Phi) is 5.35. The van der Waals surface area contributed by atoms with Crippen LogP contribution in [-0.4, -0.2) is 60.3 Å². The lowest BCUT2D eigenvalue weighted by Crippen LogP contribution is -2.34. The Morgan fingerprint density at radius 1 is 1.06 bits per heavy atom. The van der Waals surface area contributed by atoms with Crippen LogP contribution in [0.3, 0.4) is 0 Å². The van der Waals surface area contributed by atoms with Crippen molar-refractivity contribution in [3.63, 3.8) is 0 Å². The minimum atomic E-state index is -2.95. The van der Waals surface area contributed by atoms with Gasteiger partial charge in [-0.3, -0.25) is 9.79 Å². The molecule has 3 aliphatic rings. The Labute approximate surface area is 186 Å². The summed E-state index contributed by atoms with van der Waals surface area (Å²) in [6, 6.07) is 17.5. The zero-order valence-corrected chi connectivity index (χ0v) is 18.5. The number of carbonyl (C=O) groups excluding carboxylic acids is 1. The number of nitrogens with zero attached hydrogens (tertiary/aromatic N) is 2. The van der Waals surface area contributed by atoms with Gasteiger partial charge >= 0.3 is 0 Å². The van der Waals surface area contributed by atoms with Gasteiger partial charge in [0, 0.05) is 29.6 Å². The second kappa shape index (κ2) is 8.16. The third-order valence-corrected chi connectivity index (χ3v) is 8.98. The second-order valence-electron chi connectivity index (χ2n) is 8.03. The van der Waals surface area contributed by atoms with Crippen molar-refractivity contribution in [3.05, 3.63) is 71.8 Å². The van der Waals surface area contributed by atoms with Crippen LogP contribution in [0.25, 0.3) is 5.57 Å². The summed E-state index contributed by atoms with van der Waals surface area (Å²) in [6.07, 6.45) is 2.99. The molecule has 1 amide bonds. The first-order chi connectivity index (χ1) is 15.0. The summed E-state index contributed by atoms with van der Waals surface area (Å²) in [4.78, 5) is 19.3. The first kappa shape index (κ1) is 20.3. The Hall–Kier alpha value is -2.58. The van der Waals surface area contributed by atoms with Gasteiger partial charge in [-0.05, 0) is 41.8 Å². The van der Waals surface area contributed by atoms with Crippen LogP contribution in [0.15, 0.2) is 65.7 Å². The molecule has 0 aromatic heterocycles. The van der Waals surface area contributed by atoms with Crippen LogP contribution in [0.2, 0.25) is 0 Å². The lowest BCUT2D eigenvalue weighted by Gasteiger charge is -2.27. The maximum absolute atomic E-state index is 12.9. The van der Waals surface area contributed by atoms with Gasteiger partial charge in [0.05, 0.1) is 17.5 Å². The van der Waals surface area contributed by atoms with Crippen molar-refractivity contribution < 1.29 is 13.2 Å². The first-order valence-electron chi connectivity index (χ1n) is 10.3. The van der Waals surface area contributed by atoms with E-state index in [-0.39, 0.29) is 28.7 Å². The van der Waals surface area contributed by atoms with Gasteiger partial charge in [0.25, 0.3) is 5.91 Å². The number of amides is 1. The van der Waals surface area contributed by atoms with E-state index in [1.807, 2.05) is 47.4 Å². The molecule has 2 aromatic rings. The number of thioether (sulfide) groups is 1. The molecule has 3 aliphatic heterocycles. The summed E-state index contributed by atoms with van der Waals surface area (Å²) < 4.78 is 23.4. The smallest absolute Gasteiger partial charge is 0.254 e. The number of hydrogen-bond acceptors (Lipinski definition) is 6. The van der Waals surface area contributed by atoms with Gasteiger partial charge in [0.15, 0.2) is 15.0 Å². The molecule has 0 spiro atoms. The van der Waals surface area contributed by atoms with E-state index in [4.69, 9.17) is 0 Å². The van der Waals surface area contributed by atoms with Crippen LogP contribution in [0, 0.1) is 0 Å². The topological polar surface area (TPSA) is 78.8 Å². The molecular weight excluding hydrogens is 430 g/mol. The molecule has 0 radical (unpaired) electrons. The third-order valence-electron chi connectivity index (χ3n) is 5.84. The Balaban J connectivity index is 1.20. The van der Waals surface area contributed by atoms with E-state index in [9.17, 15) is 13.2 Å². The summed E-state index contributed by atoms with van der Waals surface area (Å²) in [6.45, 7) is 1.32. The fraction of sp³-hybridized carbons (Fsp3) is 0.304. The summed E-state index contributed by atoms with van der Waals surface area (Å²) in [7, 11) is -2.95. The molecule has 0 saturated carbocycles. The van der Waals surface area contributed by atoms with Crippen molar-refractivity contribution in [2.45, 2.75) is 17.7 Å². The maximum atomic E-state index is 12.9. The zero-order chi connectivity index (χ0) is 21.4. The molecule has 3 heterocycles. The molecule has 1 saturated heterocycles. The predicted molar refractivity (Wildman–Crippen MR) is 126 cm³/mol. The highest BCUT2D eigenvalue weighted by Gasteiger charge is 2.42. The highest BCUT2D eigenvalue weighted by Crippen LogP contribution is 2.34. The molecule has 2 atom stereocenters. The minimum Gasteiger partial charge on any atom is -0.335 e. The van der Waals surface area contributed by atoms with Gasteiger partial charge in [-0.1, -0.05) is 48.2 Å². The number of fused-ring (bicyclic) bond motifs is 1. The molecule has 160 valence electrons. The quantitative estimate of drug-likeness (QED) is 0.772. The molecule has 0 aliphatic carbocycles. The van der Waals surface area contributed by atoms with E-state index >= 15 is 0 Å². The van der Waals surface area contributed by atoms with Crippen LogP contribution in [0.4, 0.5) is 5.69 Å². The van der Waals surface area contributed by atoms with E-state index in [2.05, 4.69) is 28.5 Å². The molecular formula is C23H23N3O3S2. The minimum absolute atomic E-state index is 0.0151. The largest absolute Gasteiger partial charge is 0.335 e. The molecule has 0 bridgehead atoms. The van der Waals surface area contributed by atoms with Gasteiger partial charge < -0.3 is 10.2 Å². The highest BCUT2D eigenvalue weighted by atomic mass is 32.2. The van der Waals surface area contributed by atoms with Crippen molar-refractivity contribution in [1.29, 1.82) is 0 Å². The normalized spacial score (nSPS) is 24.3. The number of rotatable bonds is 3. The monoisotopic (exact) mass is 453 g/mol. The zero-order valence-electron chi connectivity index (χ0n) is 16.9. The fourth-order valence-corrected chi connectivity index (χ4v) is 7.86. The lowest BCUT2D eigenvalue weighted by atomic mass is 9.99. The van der Waals surface area contributed by atoms with Crippen LogP contribution in [0.1, 0.15) is 22.3 Å². The Morgan fingerprint density at radius 2 is 1.84 bits per heavy atom. The van der Waals surface area contributed by atoms with E-state index in [0.717, 1.165) is 17.3 Å². The number of carbonyl (C=O) groups is 1. The van der Waals surface area contributed by atoms with Crippen LogP contribution < -0.4 is 5.32 Å². The molecule has 31 heavy (non-hydrogen) atoms. The predicted octanol–water partition coefficient (Wildman–Crippen LogP) is 3.30. The van der Waals surface area contributed by atoms with Crippen molar-refractivity contribution >= 4 is 43.9 Å². The number of hydrogen-bond donors (Lipinski definition) is 1. The highest BCUT2D eigenvalue weighted by molar-refractivity contribution is 8.15. The number of amidine groups is 1. The molecule has 1 fully saturated rings. The molecule has 0 unspecified atom stereocenters. The van der Waals surface area contributed by atoms with Crippen LogP contribution >= 0.6 is 11.8 Å². The molecule has 5 rings (SSSR count). The number of aliphatic imine (C=N–C) groups is 1. The molecule has 8 heteroatoms. The van der Waals surface area contributed by atoms with Gasteiger partial charge in [0.2, 0.25) is 0 Å². The molecule has 1 N–H and O–H groups in total. The summed E-state index contributed by atoms with van der Waals surface area (Å²) in [5.41, 5.74) is 4.01. The van der Waals surface area contributed by atoms with Crippen LogP contribution in [0.5, 0.6) is 0 Å². The van der Waals surface area contributed by atoms with Gasteiger partial charge in [-0.15, -0.1) is 0 Å². The Morgan fingerprint density at radius 3 is 2.52 bits per heavy atom. The SMILES string of the molecule is O=C(c1ccc(NC2=N[C@H]3CS(=O)(=O)C[C@@H]3S2)cc1)N1CC=C(c2ccccc2)CC1. The van der Waals surface area contributed by atoms with Gasteiger partial charge in [0.1, 0.15) is 0 Å². The summed E-state index contributed by atoms with van der Waals surface area (Å²) in [5.74, 6) is 0.363. The second-order valence-corrected chi connectivity index (χ2v) is 11.4. The van der Waals surface area contributed by atoms with E-state index in [1.165, 1.54) is 22.9 Å². The molecule has 6 nitrogen and oxygen atoms in total. The fourth-order valence-electron chi connectivity index (χ4n) is 4.19. The summed E-state index contributed by atoms with van der Waals surface area (Å²) in [5, 5.41) is 4.01. The van der Waals surface area contributed by atoms with Crippen molar-refractivity contribution in [2.24, 2.45) is 4.99 Å². The number of nitrogens with one attached hydrogen (secondary N) is 1. The number of benzene rings is 2. The molecule has 2 aromatic carbocycles. The average molecular weight is 454 g/mol. The third kappa shape index (κ3) is 4.41. The Bertz CT molecular complexity index is 1160. The summed E-state index contributed by atoms with van der Waals surface area (Å²) >= 11 is 1.49. The lowest BCUT2D eigenvalue weighted by molar-refractivity contribution is 0.0773. The van der Waals surface area contributed by atoms with Gasteiger partial charge in [-0.2, -0.15) is 0 Å². The van der Waals surface area contributed by atoms with E-state index in [0.29, 0.717) is 18.7 Å². The first-order valence-corrected chi connectivity index (χ1v) is 13.0. The van der Waals surface area contributed by atoms with Gasteiger partial charge in [-0.25, -0.2) is 8.42 Å². The van der Waals surface area contributed by atoms with Crippen molar-refractivity contribution in [3.8, 4) is 0 Å². The standard InChI is InChI=1S/C23H23N3O3S2/c27-22(26-12-10-17(11-13-26)16-4-2-1-3-5-16)18-6-8-19(9-7-18)24-23-25-20-14-31(28,29)15-21(20)30-23/h1-10,20-21H,11-15H2,(H,24,25)/t20-,21-/m0/s1. The maximum Gasteiger partial charge on any atom is 0.254 e. The van der Waals surface area contributed by atoms with Crippen LogP contribution in [-0.2, 0) is 9.84 Å². The average Bonchev–Trinajstić information content (AvgIpc) is 3.27.